The highest BCUT2D eigenvalue weighted by molar-refractivity contribution is 6.29. The Balaban J connectivity index is 2.51. The van der Waals surface area contributed by atoms with Crippen molar-refractivity contribution < 1.29 is 14.7 Å². The van der Waals surface area contributed by atoms with Crippen molar-refractivity contribution in [2.24, 2.45) is 11.8 Å². The number of carboxylic acid groups (broad SMARTS) is 1. The Labute approximate surface area is 93.3 Å². The molecule has 15 heavy (non-hydrogen) atoms. The minimum atomic E-state index is -0.891. The first kappa shape index (κ1) is 12.0. The molecule has 0 spiro atoms. The lowest BCUT2D eigenvalue weighted by Crippen LogP contribution is -2.35. The van der Waals surface area contributed by atoms with E-state index in [0.29, 0.717) is 17.9 Å². The highest BCUT2D eigenvalue weighted by atomic mass is 35.5. The summed E-state index contributed by atoms with van der Waals surface area (Å²) in [4.78, 5) is 22.4. The molecule has 1 aliphatic rings. The van der Waals surface area contributed by atoms with Gasteiger partial charge in [0.2, 0.25) is 5.91 Å². The molecule has 1 saturated carbocycles. The number of rotatable bonds is 4. The van der Waals surface area contributed by atoms with E-state index in [1.807, 2.05) is 0 Å². The number of halogens is 1. The lowest BCUT2D eigenvalue weighted by atomic mass is 9.95. The average molecular weight is 232 g/mol. The lowest BCUT2D eigenvalue weighted by molar-refractivity contribution is -0.146. The van der Waals surface area contributed by atoms with Crippen LogP contribution in [0.3, 0.4) is 0 Å². The number of aliphatic carboxylic acids is 1. The molecule has 0 aromatic carbocycles. The van der Waals surface area contributed by atoms with E-state index in [9.17, 15) is 9.59 Å². The molecule has 0 heterocycles. The molecule has 0 unspecified atom stereocenters. The highest BCUT2D eigenvalue weighted by Crippen LogP contribution is 2.31. The number of hydrogen-bond donors (Lipinski definition) is 2. The molecule has 0 saturated heterocycles. The molecule has 84 valence electrons. The van der Waals surface area contributed by atoms with Crippen LogP contribution >= 0.6 is 11.6 Å². The minimum Gasteiger partial charge on any atom is -0.481 e. The number of nitrogens with one attached hydrogen (secondary N) is 1. The Morgan fingerprint density at radius 2 is 2.00 bits per heavy atom. The van der Waals surface area contributed by atoms with E-state index < -0.39 is 17.8 Å². The van der Waals surface area contributed by atoms with Crippen LogP contribution in [0.1, 0.15) is 19.3 Å². The van der Waals surface area contributed by atoms with Crippen molar-refractivity contribution in [3.63, 3.8) is 0 Å². The van der Waals surface area contributed by atoms with Gasteiger partial charge in [0.15, 0.2) is 0 Å². The molecule has 5 heteroatoms. The second-order valence-electron chi connectivity index (χ2n) is 3.72. The van der Waals surface area contributed by atoms with Gasteiger partial charge in [0, 0.05) is 5.03 Å². The van der Waals surface area contributed by atoms with Gasteiger partial charge in [-0.25, -0.2) is 0 Å². The van der Waals surface area contributed by atoms with Crippen molar-refractivity contribution in [2.45, 2.75) is 19.3 Å². The van der Waals surface area contributed by atoms with Gasteiger partial charge >= 0.3 is 5.97 Å². The van der Waals surface area contributed by atoms with Crippen molar-refractivity contribution in [3.8, 4) is 0 Å². The SMILES string of the molecule is C=C(Cl)CNC(=O)[C@@H]1CCC[C@@H]1C(=O)O. The van der Waals surface area contributed by atoms with Crippen LogP contribution in [0, 0.1) is 11.8 Å². The molecule has 4 nitrogen and oxygen atoms in total. The van der Waals surface area contributed by atoms with E-state index in [4.69, 9.17) is 16.7 Å². The first-order chi connectivity index (χ1) is 7.02. The summed E-state index contributed by atoms with van der Waals surface area (Å²) in [7, 11) is 0. The predicted octanol–water partition coefficient (Wildman–Crippen LogP) is 1.36. The topological polar surface area (TPSA) is 66.4 Å². The summed E-state index contributed by atoms with van der Waals surface area (Å²) in [6.07, 6.45) is 2.00. The van der Waals surface area contributed by atoms with Crippen LogP contribution in [-0.2, 0) is 9.59 Å². The van der Waals surface area contributed by atoms with Crippen LogP contribution < -0.4 is 5.32 Å². The molecule has 0 radical (unpaired) electrons. The Kier molecular flexibility index (Phi) is 4.15. The number of carboxylic acids is 1. The predicted molar refractivity (Wildman–Crippen MR) is 56.5 cm³/mol. The smallest absolute Gasteiger partial charge is 0.307 e. The van der Waals surface area contributed by atoms with Crippen molar-refractivity contribution in [1.82, 2.24) is 5.32 Å². The standard InChI is InChI=1S/C10H14ClNO3/c1-6(11)5-12-9(13)7-3-2-4-8(7)10(14)15/h7-8H,1-5H2,(H,12,13)(H,14,15)/t7-,8+/m1/s1. The van der Waals surface area contributed by atoms with Gasteiger partial charge in [-0.2, -0.15) is 0 Å². The monoisotopic (exact) mass is 231 g/mol. The largest absolute Gasteiger partial charge is 0.481 e. The summed E-state index contributed by atoms with van der Waals surface area (Å²) >= 11 is 5.50. The number of amides is 1. The molecule has 0 aromatic heterocycles. The van der Waals surface area contributed by atoms with Crippen molar-refractivity contribution in [3.05, 3.63) is 11.6 Å². The molecule has 1 amide bonds. The maximum absolute atomic E-state index is 11.6. The molecule has 1 aliphatic carbocycles. The molecule has 0 bridgehead atoms. The number of carbonyl (C=O) groups excluding carboxylic acids is 1. The molecule has 0 aromatic rings. The molecule has 1 fully saturated rings. The van der Waals surface area contributed by atoms with Gasteiger partial charge in [0.25, 0.3) is 0 Å². The van der Waals surface area contributed by atoms with E-state index in [1.165, 1.54) is 0 Å². The van der Waals surface area contributed by atoms with Gasteiger partial charge in [-0.05, 0) is 12.8 Å². The summed E-state index contributed by atoms with van der Waals surface area (Å²) in [6, 6.07) is 0. The fourth-order valence-corrected chi connectivity index (χ4v) is 1.95. The quantitative estimate of drug-likeness (QED) is 0.768. The Hall–Kier alpha value is -1.03. The average Bonchev–Trinajstić information content (AvgIpc) is 2.62. The van der Waals surface area contributed by atoms with E-state index in [-0.39, 0.29) is 12.5 Å². The summed E-state index contributed by atoms with van der Waals surface area (Å²) in [5.41, 5.74) is 0. The fourth-order valence-electron chi connectivity index (χ4n) is 1.88. The Bertz CT molecular complexity index is 290. The van der Waals surface area contributed by atoms with Crippen LogP contribution in [0.4, 0.5) is 0 Å². The minimum absolute atomic E-state index is 0.198. The fraction of sp³-hybridized carbons (Fsp3) is 0.600. The zero-order chi connectivity index (χ0) is 11.4. The third-order valence-electron chi connectivity index (χ3n) is 2.62. The van der Waals surface area contributed by atoms with Crippen LogP contribution in [0.25, 0.3) is 0 Å². The van der Waals surface area contributed by atoms with E-state index in [1.54, 1.807) is 0 Å². The van der Waals surface area contributed by atoms with Gasteiger partial charge in [0.05, 0.1) is 18.4 Å². The molecule has 0 aliphatic heterocycles. The molecular formula is C10H14ClNO3. The van der Waals surface area contributed by atoms with Crippen molar-refractivity contribution in [2.75, 3.05) is 6.54 Å². The molecule has 2 atom stereocenters. The van der Waals surface area contributed by atoms with Crippen LogP contribution in [0.2, 0.25) is 0 Å². The van der Waals surface area contributed by atoms with Gasteiger partial charge < -0.3 is 10.4 Å². The second-order valence-corrected chi connectivity index (χ2v) is 4.25. The number of hydrogen-bond acceptors (Lipinski definition) is 2. The van der Waals surface area contributed by atoms with E-state index in [0.717, 1.165) is 6.42 Å². The maximum atomic E-state index is 11.6. The number of carbonyl (C=O) groups is 2. The molecule has 2 N–H and O–H groups in total. The van der Waals surface area contributed by atoms with E-state index in [2.05, 4.69) is 11.9 Å². The second kappa shape index (κ2) is 5.16. The highest BCUT2D eigenvalue weighted by Gasteiger charge is 2.37. The zero-order valence-corrected chi connectivity index (χ0v) is 9.09. The first-order valence-corrected chi connectivity index (χ1v) is 5.24. The first-order valence-electron chi connectivity index (χ1n) is 4.86. The summed E-state index contributed by atoms with van der Waals surface area (Å²) in [6.45, 7) is 3.64. The Morgan fingerprint density at radius 1 is 1.40 bits per heavy atom. The lowest BCUT2D eigenvalue weighted by Gasteiger charge is -2.15. The van der Waals surface area contributed by atoms with Crippen LogP contribution in [0.5, 0.6) is 0 Å². The van der Waals surface area contributed by atoms with Gasteiger partial charge in [-0.1, -0.05) is 24.6 Å². The van der Waals surface area contributed by atoms with E-state index >= 15 is 0 Å². The third-order valence-corrected chi connectivity index (χ3v) is 2.76. The summed E-state index contributed by atoms with van der Waals surface area (Å²) < 4.78 is 0. The third kappa shape index (κ3) is 3.23. The van der Waals surface area contributed by atoms with Crippen molar-refractivity contribution in [1.29, 1.82) is 0 Å². The van der Waals surface area contributed by atoms with Crippen molar-refractivity contribution >= 4 is 23.5 Å². The molecule has 1 rings (SSSR count). The van der Waals surface area contributed by atoms with Gasteiger partial charge in [-0.15, -0.1) is 0 Å². The van der Waals surface area contributed by atoms with Crippen LogP contribution in [0.15, 0.2) is 11.6 Å². The Morgan fingerprint density at radius 3 is 2.53 bits per heavy atom. The summed E-state index contributed by atoms with van der Waals surface area (Å²) in [5, 5.41) is 11.8. The summed E-state index contributed by atoms with van der Waals surface area (Å²) in [5.74, 6) is -2.09. The normalized spacial score (nSPS) is 24.9. The zero-order valence-electron chi connectivity index (χ0n) is 8.33. The maximum Gasteiger partial charge on any atom is 0.307 e. The van der Waals surface area contributed by atoms with Gasteiger partial charge in [0.1, 0.15) is 0 Å². The van der Waals surface area contributed by atoms with Crippen LogP contribution in [-0.4, -0.2) is 23.5 Å². The molecular weight excluding hydrogens is 218 g/mol. The van der Waals surface area contributed by atoms with Gasteiger partial charge in [-0.3, -0.25) is 9.59 Å².